The molecule has 2 amide bonds. The third-order valence-electron chi connectivity index (χ3n) is 4.07. The highest BCUT2D eigenvalue weighted by molar-refractivity contribution is 7.99. The number of nitrogens with one attached hydrogen (secondary N) is 2. The number of aromatic nitrogens is 3. The molecule has 0 radical (unpaired) electrons. The maximum Gasteiger partial charge on any atom is 0.269 e. The average molecular weight is 430 g/mol. The van der Waals surface area contributed by atoms with Gasteiger partial charge in [-0.15, -0.1) is 10.2 Å². The van der Waals surface area contributed by atoms with Gasteiger partial charge in [0, 0.05) is 23.6 Å². The summed E-state index contributed by atoms with van der Waals surface area (Å²) in [7, 11) is 0. The first-order chi connectivity index (χ1) is 14.1. The number of hydrogen-bond acceptors (Lipinski definition) is 5. The van der Waals surface area contributed by atoms with Crippen LogP contribution in [0.1, 0.15) is 28.7 Å². The minimum atomic E-state index is -0.415. The molecule has 0 fully saturated rings. The number of benzene rings is 2. The van der Waals surface area contributed by atoms with Crippen LogP contribution in [0.25, 0.3) is 0 Å². The molecule has 1 aromatic heterocycles. The fourth-order valence-electron chi connectivity index (χ4n) is 2.62. The molecule has 3 rings (SSSR count). The summed E-state index contributed by atoms with van der Waals surface area (Å²) in [4.78, 5) is 24.1. The van der Waals surface area contributed by atoms with E-state index < -0.39 is 5.91 Å². The number of nitrogens with zero attached hydrogens (tertiary/aromatic N) is 3. The molecule has 0 spiro atoms. The average Bonchev–Trinajstić information content (AvgIpc) is 3.13. The highest BCUT2D eigenvalue weighted by Crippen LogP contribution is 2.18. The first-order valence-electron chi connectivity index (χ1n) is 9.00. The normalized spacial score (nSPS) is 10.6. The Balaban J connectivity index is 1.52. The van der Waals surface area contributed by atoms with E-state index in [4.69, 9.17) is 11.6 Å². The van der Waals surface area contributed by atoms with Gasteiger partial charge < -0.3 is 4.57 Å². The molecule has 0 saturated heterocycles. The van der Waals surface area contributed by atoms with E-state index in [2.05, 4.69) is 21.0 Å². The van der Waals surface area contributed by atoms with Crippen LogP contribution >= 0.6 is 23.4 Å². The molecule has 0 aliphatic rings. The topological polar surface area (TPSA) is 88.9 Å². The van der Waals surface area contributed by atoms with E-state index in [1.165, 1.54) is 11.8 Å². The van der Waals surface area contributed by atoms with Crippen molar-refractivity contribution in [3.05, 3.63) is 76.6 Å². The van der Waals surface area contributed by atoms with E-state index in [1.807, 2.05) is 41.8 Å². The van der Waals surface area contributed by atoms with Crippen LogP contribution in [-0.4, -0.2) is 32.3 Å². The molecule has 150 valence electrons. The number of rotatable bonds is 7. The van der Waals surface area contributed by atoms with Crippen molar-refractivity contribution in [1.82, 2.24) is 25.6 Å². The van der Waals surface area contributed by atoms with E-state index >= 15 is 0 Å². The van der Waals surface area contributed by atoms with Gasteiger partial charge in [-0.2, -0.15) is 0 Å². The number of carbonyl (C=O) groups is 2. The highest BCUT2D eigenvalue weighted by atomic mass is 35.5. The third kappa shape index (κ3) is 5.82. The zero-order valence-corrected chi connectivity index (χ0v) is 17.3. The summed E-state index contributed by atoms with van der Waals surface area (Å²) in [5.41, 5.74) is 6.33. The minimum Gasteiger partial charge on any atom is -0.306 e. The van der Waals surface area contributed by atoms with Gasteiger partial charge >= 0.3 is 0 Å². The minimum absolute atomic E-state index is 0.102. The van der Waals surface area contributed by atoms with Crippen molar-refractivity contribution in [1.29, 1.82) is 0 Å². The second-order valence-electron chi connectivity index (χ2n) is 6.10. The zero-order valence-electron chi connectivity index (χ0n) is 15.8. The maximum absolute atomic E-state index is 12.1. The van der Waals surface area contributed by atoms with E-state index in [0.717, 1.165) is 11.4 Å². The number of hydrazine groups is 1. The van der Waals surface area contributed by atoms with Crippen molar-refractivity contribution in [3.63, 3.8) is 0 Å². The van der Waals surface area contributed by atoms with E-state index in [9.17, 15) is 9.59 Å². The summed E-state index contributed by atoms with van der Waals surface area (Å²) < 4.78 is 1.98. The molecule has 29 heavy (non-hydrogen) atoms. The van der Waals surface area contributed by atoms with Crippen molar-refractivity contribution in [2.24, 2.45) is 0 Å². The van der Waals surface area contributed by atoms with Crippen molar-refractivity contribution < 1.29 is 9.59 Å². The van der Waals surface area contributed by atoms with Crippen LogP contribution in [-0.2, 0) is 17.8 Å². The van der Waals surface area contributed by atoms with E-state index in [1.54, 1.807) is 24.3 Å². The first-order valence-corrected chi connectivity index (χ1v) is 10.4. The second kappa shape index (κ2) is 10.1. The Morgan fingerprint density at radius 3 is 2.45 bits per heavy atom. The summed E-state index contributed by atoms with van der Waals surface area (Å²) in [5.74, 6) is 0.191. The number of hydrogen-bond donors (Lipinski definition) is 2. The van der Waals surface area contributed by atoms with Crippen LogP contribution in [0.4, 0.5) is 0 Å². The SMILES string of the molecule is CCn1c(Cc2ccccc2)nnc1SCC(=O)NNC(=O)c1ccc(Cl)cc1. The van der Waals surface area contributed by atoms with Crippen molar-refractivity contribution >= 4 is 35.2 Å². The lowest BCUT2D eigenvalue weighted by atomic mass is 10.1. The molecule has 2 N–H and O–H groups in total. The van der Waals surface area contributed by atoms with E-state index in [-0.39, 0.29) is 11.7 Å². The standard InChI is InChI=1S/C20H20ClN5O2S/c1-2-26-17(12-14-6-4-3-5-7-14)22-25-20(26)29-13-18(27)23-24-19(28)15-8-10-16(21)11-9-15/h3-11H,2,12-13H2,1H3,(H,23,27)(H,24,28). The van der Waals surface area contributed by atoms with Crippen molar-refractivity contribution in [2.75, 3.05) is 5.75 Å². The number of amides is 2. The molecule has 0 bridgehead atoms. The fourth-order valence-corrected chi connectivity index (χ4v) is 3.57. The smallest absolute Gasteiger partial charge is 0.269 e. The van der Waals surface area contributed by atoms with Crippen molar-refractivity contribution in [3.8, 4) is 0 Å². The Morgan fingerprint density at radius 1 is 1.03 bits per heavy atom. The van der Waals surface area contributed by atoms with Crippen LogP contribution in [0.2, 0.25) is 5.02 Å². The van der Waals surface area contributed by atoms with Crippen LogP contribution in [0.15, 0.2) is 59.8 Å². The molecule has 7 nitrogen and oxygen atoms in total. The largest absolute Gasteiger partial charge is 0.306 e. The van der Waals surface area contributed by atoms with Crippen LogP contribution in [0, 0.1) is 0 Å². The number of halogens is 1. The Labute approximate surface area is 177 Å². The summed E-state index contributed by atoms with van der Waals surface area (Å²) in [6.07, 6.45) is 0.672. The Kier molecular flexibility index (Phi) is 7.26. The molecule has 0 aliphatic carbocycles. The van der Waals surface area contributed by atoms with Gasteiger partial charge in [0.05, 0.1) is 5.75 Å². The Bertz CT molecular complexity index is 976. The summed E-state index contributed by atoms with van der Waals surface area (Å²) in [5, 5.41) is 9.66. The van der Waals surface area contributed by atoms with Gasteiger partial charge in [0.25, 0.3) is 5.91 Å². The third-order valence-corrected chi connectivity index (χ3v) is 5.29. The maximum atomic E-state index is 12.1. The van der Waals surface area contributed by atoms with Gasteiger partial charge in [0.2, 0.25) is 5.91 Å². The van der Waals surface area contributed by atoms with Gasteiger partial charge in [-0.25, -0.2) is 0 Å². The van der Waals surface area contributed by atoms with Crippen LogP contribution in [0.3, 0.4) is 0 Å². The number of carbonyl (C=O) groups excluding carboxylic acids is 2. The summed E-state index contributed by atoms with van der Waals surface area (Å²) >= 11 is 7.07. The molecule has 3 aromatic rings. The zero-order chi connectivity index (χ0) is 20.6. The number of thioether (sulfide) groups is 1. The molecule has 0 atom stereocenters. The molecular weight excluding hydrogens is 410 g/mol. The van der Waals surface area contributed by atoms with Gasteiger partial charge in [0.15, 0.2) is 5.16 Å². The highest BCUT2D eigenvalue weighted by Gasteiger charge is 2.14. The second-order valence-corrected chi connectivity index (χ2v) is 7.48. The van der Waals surface area contributed by atoms with Gasteiger partial charge in [-0.05, 0) is 36.8 Å². The predicted molar refractivity (Wildman–Crippen MR) is 113 cm³/mol. The van der Waals surface area contributed by atoms with Gasteiger partial charge in [-0.3, -0.25) is 20.4 Å². The lowest BCUT2D eigenvalue weighted by Crippen LogP contribution is -2.42. The molecule has 9 heteroatoms. The molecule has 0 saturated carbocycles. The van der Waals surface area contributed by atoms with Crippen molar-refractivity contribution in [2.45, 2.75) is 25.0 Å². The lowest BCUT2D eigenvalue weighted by Gasteiger charge is -2.09. The van der Waals surface area contributed by atoms with Crippen LogP contribution < -0.4 is 10.9 Å². The molecule has 0 unspecified atom stereocenters. The van der Waals surface area contributed by atoms with Gasteiger partial charge in [0.1, 0.15) is 5.82 Å². The first kappa shape index (κ1) is 20.9. The summed E-state index contributed by atoms with van der Waals surface area (Å²) in [6, 6.07) is 16.4. The monoisotopic (exact) mass is 429 g/mol. The summed E-state index contributed by atoms with van der Waals surface area (Å²) in [6.45, 7) is 2.71. The molecular formula is C20H20ClN5O2S. The van der Waals surface area contributed by atoms with Crippen LogP contribution in [0.5, 0.6) is 0 Å². The molecule has 1 heterocycles. The Morgan fingerprint density at radius 2 is 1.76 bits per heavy atom. The quantitative estimate of drug-likeness (QED) is 0.445. The Hall–Kier alpha value is -2.84. The van der Waals surface area contributed by atoms with Gasteiger partial charge in [-0.1, -0.05) is 53.7 Å². The van der Waals surface area contributed by atoms with E-state index in [0.29, 0.717) is 28.7 Å². The molecule has 2 aromatic carbocycles. The predicted octanol–water partition coefficient (Wildman–Crippen LogP) is 3.10. The fraction of sp³-hybridized carbons (Fsp3) is 0.200. The lowest BCUT2D eigenvalue weighted by molar-refractivity contribution is -0.119. The molecule has 0 aliphatic heterocycles.